The molecule has 1 aliphatic rings. The molecule has 22 heavy (non-hydrogen) atoms. The Morgan fingerprint density at radius 2 is 1.68 bits per heavy atom. The molecule has 106 valence electrons. The van der Waals surface area contributed by atoms with Gasteiger partial charge in [-0.1, -0.05) is 0 Å². The first-order valence-corrected chi connectivity index (χ1v) is 8.71. The molecule has 0 unspecified atom stereocenters. The minimum atomic E-state index is -0.326. The van der Waals surface area contributed by atoms with Gasteiger partial charge < -0.3 is 0 Å². The first kappa shape index (κ1) is 13.3. The van der Waals surface area contributed by atoms with Gasteiger partial charge in [-0.15, -0.1) is 0 Å². The van der Waals surface area contributed by atoms with Crippen molar-refractivity contribution in [3.8, 4) is 11.1 Å². The van der Waals surface area contributed by atoms with E-state index in [0.717, 1.165) is 21.0 Å². The van der Waals surface area contributed by atoms with Crippen molar-refractivity contribution in [3.63, 3.8) is 0 Å². The molecule has 2 aromatic carbocycles. The van der Waals surface area contributed by atoms with Crippen molar-refractivity contribution >= 4 is 42.7 Å². The Morgan fingerprint density at radius 3 is 2.50 bits per heavy atom. The van der Waals surface area contributed by atoms with Gasteiger partial charge in [0.05, 0.1) is 0 Å². The summed E-state index contributed by atoms with van der Waals surface area (Å²) in [5.74, 6) is -0.615. The van der Waals surface area contributed by atoms with Crippen molar-refractivity contribution in [2.45, 2.75) is 0 Å². The van der Waals surface area contributed by atoms with Crippen molar-refractivity contribution in [1.29, 1.82) is 0 Å². The topological polar surface area (TPSA) is 46.2 Å². The third-order valence-corrected chi connectivity index (χ3v) is 5.73. The zero-order valence-electron chi connectivity index (χ0n) is 11.5. The summed E-state index contributed by atoms with van der Waals surface area (Å²) >= 11 is 0.0695. The molecule has 4 heteroatoms. The Hall–Kier alpha value is -2.42. The van der Waals surface area contributed by atoms with Gasteiger partial charge in [0.2, 0.25) is 0 Å². The molecule has 2 amide bonds. The van der Waals surface area contributed by atoms with E-state index in [2.05, 4.69) is 40.6 Å². The van der Waals surface area contributed by atoms with Crippen LogP contribution in [-0.2, 0) is 9.59 Å². The molecule has 0 atom stereocenters. The molecular weight excluding hydrogens is 341 g/mol. The van der Waals surface area contributed by atoms with E-state index >= 15 is 0 Å². The monoisotopic (exact) mass is 353 g/mol. The molecule has 0 fully saturated rings. The van der Waals surface area contributed by atoms with Crippen LogP contribution in [-0.4, -0.2) is 26.3 Å². The first-order valence-electron chi connectivity index (χ1n) is 6.87. The van der Waals surface area contributed by atoms with E-state index in [1.807, 2.05) is 18.2 Å². The van der Waals surface area contributed by atoms with E-state index in [0.29, 0.717) is 5.57 Å². The van der Waals surface area contributed by atoms with Crippen LogP contribution >= 0.6 is 0 Å². The molecule has 0 saturated carbocycles. The van der Waals surface area contributed by atoms with Gasteiger partial charge in [0, 0.05) is 0 Å². The molecule has 0 spiro atoms. The number of imide groups is 1. The van der Waals surface area contributed by atoms with E-state index in [-0.39, 0.29) is 26.3 Å². The van der Waals surface area contributed by atoms with E-state index in [1.54, 1.807) is 0 Å². The molecule has 1 aromatic heterocycles. The molecule has 1 N–H and O–H groups in total. The predicted molar refractivity (Wildman–Crippen MR) is 87.5 cm³/mol. The maximum atomic E-state index is 12.0. The van der Waals surface area contributed by atoms with Gasteiger partial charge in [-0.2, -0.15) is 0 Å². The number of nitrogens with one attached hydrogen (secondary N) is 1. The van der Waals surface area contributed by atoms with Crippen LogP contribution < -0.4 is 5.32 Å². The average molecular weight is 352 g/mol. The van der Waals surface area contributed by atoms with Gasteiger partial charge in [0.15, 0.2) is 0 Å². The molecule has 3 nitrogen and oxygen atoms in total. The second kappa shape index (κ2) is 5.09. The quantitative estimate of drug-likeness (QED) is 0.569. The number of carbonyl (C=O) groups excluding carboxylic acids is 2. The molecule has 0 bridgehead atoms. The van der Waals surface area contributed by atoms with Crippen LogP contribution in [0.4, 0.5) is 0 Å². The van der Waals surface area contributed by atoms with Gasteiger partial charge in [-0.25, -0.2) is 0 Å². The Labute approximate surface area is 133 Å². The van der Waals surface area contributed by atoms with Gasteiger partial charge in [-0.3, -0.25) is 0 Å². The summed E-state index contributed by atoms with van der Waals surface area (Å²) in [5.41, 5.74) is 2.67. The summed E-state index contributed by atoms with van der Waals surface area (Å²) < 4.78 is 0.979. The number of hydrogen-bond donors (Lipinski definition) is 1. The molecular formula is C18H11NO2Se. The Morgan fingerprint density at radius 1 is 0.864 bits per heavy atom. The zero-order valence-corrected chi connectivity index (χ0v) is 13.2. The fourth-order valence-corrected chi connectivity index (χ4v) is 4.71. The summed E-state index contributed by atoms with van der Waals surface area (Å²) in [6.07, 6.45) is 1.41. The van der Waals surface area contributed by atoms with Gasteiger partial charge in [0.1, 0.15) is 0 Å². The number of carbonyl (C=O) groups is 2. The Kier molecular flexibility index (Phi) is 3.07. The van der Waals surface area contributed by atoms with Crippen LogP contribution in [0.15, 0.2) is 59.5 Å². The summed E-state index contributed by atoms with van der Waals surface area (Å²) in [4.78, 5) is 25.5. The van der Waals surface area contributed by atoms with Crippen LogP contribution in [0.25, 0.3) is 27.5 Å². The Bertz CT molecular complexity index is 947. The summed E-state index contributed by atoms with van der Waals surface area (Å²) in [6, 6.07) is 16.4. The van der Waals surface area contributed by atoms with Crippen LogP contribution in [0.3, 0.4) is 0 Å². The Balaban J connectivity index is 1.95. The third-order valence-electron chi connectivity index (χ3n) is 3.75. The van der Waals surface area contributed by atoms with Crippen molar-refractivity contribution in [2.24, 2.45) is 0 Å². The zero-order chi connectivity index (χ0) is 15.1. The fraction of sp³-hybridized carbons (Fsp3) is 0. The van der Waals surface area contributed by atoms with E-state index in [4.69, 9.17) is 0 Å². The number of hydrogen-bond acceptors (Lipinski definition) is 2. The van der Waals surface area contributed by atoms with E-state index in [9.17, 15) is 9.59 Å². The molecule has 3 aromatic rings. The van der Waals surface area contributed by atoms with E-state index in [1.165, 1.54) is 11.5 Å². The van der Waals surface area contributed by atoms with E-state index < -0.39 is 0 Å². The fourth-order valence-electron chi connectivity index (χ4n) is 2.77. The summed E-state index contributed by atoms with van der Waals surface area (Å²) in [6.45, 7) is 0. The first-order chi connectivity index (χ1) is 10.7. The second-order valence-corrected chi connectivity index (χ2v) is 6.99. The van der Waals surface area contributed by atoms with Crippen molar-refractivity contribution < 1.29 is 9.59 Å². The maximum absolute atomic E-state index is 12.0. The van der Waals surface area contributed by atoms with Crippen LogP contribution in [0.5, 0.6) is 0 Å². The number of amides is 2. The van der Waals surface area contributed by atoms with Gasteiger partial charge in [-0.05, 0) is 0 Å². The molecule has 2 heterocycles. The molecule has 4 rings (SSSR count). The number of benzene rings is 2. The minimum absolute atomic E-state index is 0.0695. The normalized spacial score (nSPS) is 14.3. The molecule has 1 aliphatic heterocycles. The second-order valence-electron chi connectivity index (χ2n) is 5.07. The van der Waals surface area contributed by atoms with Crippen LogP contribution in [0, 0.1) is 0 Å². The summed E-state index contributed by atoms with van der Waals surface area (Å²) in [7, 11) is 0. The molecule has 0 saturated heterocycles. The van der Waals surface area contributed by atoms with Crippen LogP contribution in [0.2, 0.25) is 0 Å². The predicted octanol–water partition coefficient (Wildman–Crippen LogP) is 2.60. The SMILES string of the molecule is O=C1C=C(c2[se]ccc2-c2cccc3ccccc23)C(=O)N1. The van der Waals surface area contributed by atoms with Gasteiger partial charge in [0.25, 0.3) is 0 Å². The number of rotatable bonds is 2. The standard InChI is InChI=1S/C18H11NO2Se/c20-16-10-15(18(21)19-16)17-14(8-9-22-17)13-7-3-5-11-4-1-2-6-12(11)13/h1-10H,(H,19,20,21). The molecule has 0 radical (unpaired) electrons. The van der Waals surface area contributed by atoms with Crippen molar-refractivity contribution in [2.75, 3.05) is 0 Å². The third kappa shape index (κ3) is 2.05. The van der Waals surface area contributed by atoms with Crippen molar-refractivity contribution in [1.82, 2.24) is 5.32 Å². The van der Waals surface area contributed by atoms with Crippen molar-refractivity contribution in [3.05, 3.63) is 64.0 Å². The van der Waals surface area contributed by atoms with Crippen LogP contribution in [0.1, 0.15) is 4.44 Å². The average Bonchev–Trinajstić information content (AvgIpc) is 3.12. The van der Waals surface area contributed by atoms with Gasteiger partial charge >= 0.3 is 133 Å². The number of fused-ring (bicyclic) bond motifs is 1. The summed E-state index contributed by atoms with van der Waals surface area (Å²) in [5, 5.41) is 4.66. The molecule has 0 aliphatic carbocycles.